The Morgan fingerprint density at radius 2 is 1.61 bits per heavy atom. The van der Waals surface area contributed by atoms with Gasteiger partial charge in [0.1, 0.15) is 17.8 Å². The van der Waals surface area contributed by atoms with E-state index in [1.807, 2.05) is 95.3 Å². The Labute approximate surface area is 214 Å². The summed E-state index contributed by atoms with van der Waals surface area (Å²) in [5, 5.41) is 0. The van der Waals surface area contributed by atoms with Crippen molar-refractivity contribution in [3.8, 4) is 0 Å². The molecule has 0 bridgehead atoms. The molecule has 2 aromatic rings. The van der Waals surface area contributed by atoms with Crippen molar-refractivity contribution in [1.29, 1.82) is 0 Å². The Bertz CT molecular complexity index is 974. The minimum absolute atomic E-state index is 0.197. The molecule has 4 rings (SSSR count). The highest BCUT2D eigenvalue weighted by Gasteiger charge is 2.55. The Hall–Kier alpha value is -2.45. The van der Waals surface area contributed by atoms with Gasteiger partial charge in [-0.05, 0) is 58.6 Å². The molecule has 2 fully saturated rings. The minimum atomic E-state index is -0.710. The fourth-order valence-electron chi connectivity index (χ4n) is 4.60. The zero-order valence-electron chi connectivity index (χ0n) is 22.0. The molecule has 0 spiro atoms. The molecule has 7 nitrogen and oxygen atoms in total. The summed E-state index contributed by atoms with van der Waals surface area (Å²) in [5.41, 5.74) is 1.59. The van der Waals surface area contributed by atoms with Gasteiger partial charge >= 0.3 is 6.09 Å². The van der Waals surface area contributed by atoms with Gasteiger partial charge in [0.25, 0.3) is 0 Å². The van der Waals surface area contributed by atoms with Gasteiger partial charge in [-0.1, -0.05) is 60.7 Å². The first-order valence-corrected chi connectivity index (χ1v) is 12.8. The van der Waals surface area contributed by atoms with Crippen molar-refractivity contribution in [3.63, 3.8) is 0 Å². The van der Waals surface area contributed by atoms with Gasteiger partial charge < -0.3 is 28.6 Å². The summed E-state index contributed by atoms with van der Waals surface area (Å²) in [6, 6.07) is 20.0. The molecule has 2 aliphatic heterocycles. The molecule has 2 saturated heterocycles. The van der Waals surface area contributed by atoms with Gasteiger partial charge in [-0.2, -0.15) is 0 Å². The highest BCUT2D eigenvalue weighted by atomic mass is 16.8. The van der Waals surface area contributed by atoms with E-state index in [0.717, 1.165) is 17.5 Å². The average Bonchev–Trinajstić information content (AvgIpc) is 3.28. The number of rotatable bonds is 9. The fourth-order valence-corrected chi connectivity index (χ4v) is 4.60. The van der Waals surface area contributed by atoms with E-state index >= 15 is 0 Å². The number of amides is 1. The first kappa shape index (κ1) is 26.6. The van der Waals surface area contributed by atoms with Crippen LogP contribution in [0.1, 0.15) is 58.6 Å². The van der Waals surface area contributed by atoms with E-state index in [4.69, 9.17) is 23.7 Å². The van der Waals surface area contributed by atoms with Crippen LogP contribution in [0.25, 0.3) is 0 Å². The zero-order chi connectivity index (χ0) is 25.8. The quantitative estimate of drug-likeness (QED) is 0.445. The van der Waals surface area contributed by atoms with Crippen LogP contribution in [0.2, 0.25) is 0 Å². The van der Waals surface area contributed by atoms with Crippen LogP contribution >= 0.6 is 0 Å². The second kappa shape index (κ2) is 11.3. The number of carbonyl (C=O) groups excluding carboxylic acids is 1. The minimum Gasteiger partial charge on any atom is -0.444 e. The topological polar surface area (TPSA) is 66.5 Å². The van der Waals surface area contributed by atoms with E-state index < -0.39 is 17.7 Å². The molecule has 36 heavy (non-hydrogen) atoms. The molecule has 0 radical (unpaired) electrons. The van der Waals surface area contributed by atoms with Crippen molar-refractivity contribution in [2.75, 3.05) is 6.54 Å². The Morgan fingerprint density at radius 1 is 0.972 bits per heavy atom. The summed E-state index contributed by atoms with van der Waals surface area (Å²) in [4.78, 5) is 14.7. The summed E-state index contributed by atoms with van der Waals surface area (Å²) in [6.45, 7) is 10.9. The van der Waals surface area contributed by atoms with Gasteiger partial charge in [-0.25, -0.2) is 4.79 Å². The van der Waals surface area contributed by atoms with E-state index in [1.165, 1.54) is 0 Å². The maximum absolute atomic E-state index is 13.0. The summed E-state index contributed by atoms with van der Waals surface area (Å²) in [7, 11) is 0. The maximum atomic E-state index is 13.0. The molecule has 0 saturated carbocycles. The number of hydrogen-bond donors (Lipinski definition) is 0. The van der Waals surface area contributed by atoms with E-state index in [2.05, 4.69) is 0 Å². The SMILES string of the molecule is CC(C)(C)OC(=O)N(CCCC1O[C@@H]2OC(C)(C)O[C@@H]2[C@@H]1OCc1ccccc1)Cc1ccccc1. The highest BCUT2D eigenvalue weighted by Crippen LogP contribution is 2.40. The lowest BCUT2D eigenvalue weighted by Crippen LogP contribution is -2.39. The predicted molar refractivity (Wildman–Crippen MR) is 136 cm³/mol. The van der Waals surface area contributed by atoms with Gasteiger partial charge in [0, 0.05) is 13.1 Å². The number of carbonyl (C=O) groups is 1. The summed E-state index contributed by atoms with van der Waals surface area (Å²) >= 11 is 0. The van der Waals surface area contributed by atoms with Crippen molar-refractivity contribution >= 4 is 6.09 Å². The first-order chi connectivity index (χ1) is 17.1. The molecule has 2 aromatic carbocycles. The molecular weight excluding hydrogens is 458 g/mol. The number of benzene rings is 2. The second-order valence-electron chi connectivity index (χ2n) is 10.9. The van der Waals surface area contributed by atoms with Crippen LogP contribution in [0.3, 0.4) is 0 Å². The van der Waals surface area contributed by atoms with Crippen LogP contribution < -0.4 is 0 Å². The molecule has 0 aliphatic carbocycles. The molecular formula is C29H39NO6. The predicted octanol–water partition coefficient (Wildman–Crippen LogP) is 5.67. The zero-order valence-corrected chi connectivity index (χ0v) is 22.0. The van der Waals surface area contributed by atoms with Crippen LogP contribution in [0, 0.1) is 0 Å². The van der Waals surface area contributed by atoms with E-state index in [-0.39, 0.29) is 24.4 Å². The van der Waals surface area contributed by atoms with Gasteiger partial charge in [0.15, 0.2) is 12.1 Å². The lowest BCUT2D eigenvalue weighted by Gasteiger charge is -2.29. The molecule has 2 heterocycles. The Kier molecular flexibility index (Phi) is 8.35. The number of nitrogens with zero attached hydrogens (tertiary/aromatic N) is 1. The Balaban J connectivity index is 1.39. The third-order valence-corrected chi connectivity index (χ3v) is 6.16. The van der Waals surface area contributed by atoms with E-state index in [0.29, 0.717) is 26.1 Å². The highest BCUT2D eigenvalue weighted by molar-refractivity contribution is 5.68. The van der Waals surface area contributed by atoms with Crippen LogP contribution in [-0.2, 0) is 36.8 Å². The monoisotopic (exact) mass is 497 g/mol. The second-order valence-corrected chi connectivity index (χ2v) is 10.9. The summed E-state index contributed by atoms with van der Waals surface area (Å²) < 4.78 is 30.4. The van der Waals surface area contributed by atoms with Gasteiger partial charge in [-0.3, -0.25) is 0 Å². The standard InChI is InChI=1S/C29H39NO6/c1-28(2,3)36-27(31)30(19-21-13-8-6-9-14-21)18-12-17-23-24(32-20-22-15-10-7-11-16-22)25-26(33-23)35-29(4,5)34-25/h6-11,13-16,23-26H,12,17-20H2,1-5H3/t23?,24-,25-,26-/m1/s1. The smallest absolute Gasteiger partial charge is 0.410 e. The van der Waals surface area contributed by atoms with Gasteiger partial charge in [0.2, 0.25) is 0 Å². The number of ether oxygens (including phenoxy) is 5. The van der Waals surface area contributed by atoms with Crippen molar-refractivity contribution in [2.45, 2.75) is 96.6 Å². The fraction of sp³-hybridized carbons (Fsp3) is 0.552. The van der Waals surface area contributed by atoms with Crippen LogP contribution in [0.15, 0.2) is 60.7 Å². The van der Waals surface area contributed by atoms with Gasteiger partial charge in [0.05, 0.1) is 12.7 Å². The van der Waals surface area contributed by atoms with E-state index in [1.54, 1.807) is 4.90 Å². The average molecular weight is 498 g/mol. The molecule has 4 atom stereocenters. The largest absolute Gasteiger partial charge is 0.444 e. The van der Waals surface area contributed by atoms with Crippen molar-refractivity contribution < 1.29 is 28.5 Å². The number of hydrogen-bond acceptors (Lipinski definition) is 6. The third-order valence-electron chi connectivity index (χ3n) is 6.16. The molecule has 1 unspecified atom stereocenters. The summed E-state index contributed by atoms with van der Waals surface area (Å²) in [5.74, 6) is -0.710. The van der Waals surface area contributed by atoms with Crippen molar-refractivity contribution in [2.24, 2.45) is 0 Å². The first-order valence-electron chi connectivity index (χ1n) is 12.8. The molecule has 0 aromatic heterocycles. The van der Waals surface area contributed by atoms with Crippen molar-refractivity contribution in [1.82, 2.24) is 4.90 Å². The maximum Gasteiger partial charge on any atom is 0.410 e. The normalized spacial score (nSPS) is 24.9. The molecule has 2 aliphatic rings. The van der Waals surface area contributed by atoms with Crippen LogP contribution in [-0.4, -0.2) is 53.5 Å². The summed E-state index contributed by atoms with van der Waals surface area (Å²) in [6.07, 6.45) is -0.102. The lowest BCUT2D eigenvalue weighted by atomic mass is 10.1. The van der Waals surface area contributed by atoms with E-state index in [9.17, 15) is 4.79 Å². The van der Waals surface area contributed by atoms with Gasteiger partial charge in [-0.15, -0.1) is 0 Å². The van der Waals surface area contributed by atoms with Crippen LogP contribution in [0.4, 0.5) is 4.79 Å². The van der Waals surface area contributed by atoms with Crippen molar-refractivity contribution in [3.05, 3.63) is 71.8 Å². The van der Waals surface area contributed by atoms with Crippen LogP contribution in [0.5, 0.6) is 0 Å². The third kappa shape index (κ3) is 7.29. The molecule has 0 N–H and O–H groups in total. The lowest BCUT2D eigenvalue weighted by molar-refractivity contribution is -0.219. The molecule has 7 heteroatoms. The number of fused-ring (bicyclic) bond motifs is 1. The Morgan fingerprint density at radius 3 is 2.25 bits per heavy atom. The molecule has 1 amide bonds. The molecule has 196 valence electrons.